The predicted octanol–water partition coefficient (Wildman–Crippen LogP) is 4.08. The molecule has 0 aliphatic carbocycles. The number of benzene rings is 2. The van der Waals surface area contributed by atoms with Gasteiger partial charge in [-0.05, 0) is 42.3 Å². The molecule has 1 unspecified atom stereocenters. The molecule has 154 valence electrons. The fourth-order valence-electron chi connectivity index (χ4n) is 2.42. The largest absolute Gasteiger partial charge is 0.370 e. The summed E-state index contributed by atoms with van der Waals surface area (Å²) in [4.78, 5) is 4.50. The first kappa shape index (κ1) is 25.0. The number of aliphatic imine (C=N–C) groups is 1. The van der Waals surface area contributed by atoms with E-state index in [0.29, 0.717) is 23.1 Å². The fraction of sp³-hybridized carbons (Fsp3) is 0.278. The van der Waals surface area contributed by atoms with Crippen molar-refractivity contribution in [1.29, 1.82) is 0 Å². The summed E-state index contributed by atoms with van der Waals surface area (Å²) in [5.74, 6) is 0.262. The predicted molar refractivity (Wildman–Crippen MR) is 126 cm³/mol. The van der Waals surface area contributed by atoms with Gasteiger partial charge in [0.05, 0.1) is 17.5 Å². The first-order chi connectivity index (χ1) is 12.7. The highest BCUT2D eigenvalue weighted by molar-refractivity contribution is 14.0. The Morgan fingerprint density at radius 2 is 1.82 bits per heavy atom. The van der Waals surface area contributed by atoms with Crippen molar-refractivity contribution in [3.63, 3.8) is 0 Å². The van der Waals surface area contributed by atoms with E-state index in [-0.39, 0.29) is 40.9 Å². The van der Waals surface area contributed by atoms with Crippen molar-refractivity contribution in [1.82, 2.24) is 10.0 Å². The normalized spacial score (nSPS) is 12.9. The van der Waals surface area contributed by atoms with E-state index in [0.717, 1.165) is 11.1 Å². The SMILES string of the molecule is CCNS(=O)(=O)c1ccc(CN=C(N)NC(C)c2ccc(Cl)cc2Cl)cc1.I. The van der Waals surface area contributed by atoms with Crippen molar-refractivity contribution in [2.45, 2.75) is 31.3 Å². The molecular weight excluding hydrogens is 534 g/mol. The Morgan fingerprint density at radius 3 is 2.39 bits per heavy atom. The van der Waals surface area contributed by atoms with E-state index in [9.17, 15) is 8.42 Å². The average Bonchev–Trinajstić information content (AvgIpc) is 2.60. The quantitative estimate of drug-likeness (QED) is 0.272. The molecule has 0 saturated carbocycles. The second kappa shape index (κ2) is 11.2. The van der Waals surface area contributed by atoms with Gasteiger partial charge in [0.1, 0.15) is 0 Å². The van der Waals surface area contributed by atoms with Crippen molar-refractivity contribution in [2.24, 2.45) is 10.7 Å². The van der Waals surface area contributed by atoms with Crippen LogP contribution in [0.2, 0.25) is 10.0 Å². The van der Waals surface area contributed by atoms with Crippen LogP contribution in [0.15, 0.2) is 52.4 Å². The average molecular weight is 557 g/mol. The zero-order valence-corrected chi connectivity index (χ0v) is 20.1. The van der Waals surface area contributed by atoms with Gasteiger partial charge in [0.25, 0.3) is 0 Å². The van der Waals surface area contributed by atoms with Crippen LogP contribution in [0.1, 0.15) is 31.0 Å². The molecule has 0 heterocycles. The summed E-state index contributed by atoms with van der Waals surface area (Å²) in [5, 5.41) is 4.19. The Kier molecular flexibility index (Phi) is 9.99. The molecular formula is C18H23Cl2IN4O2S. The smallest absolute Gasteiger partial charge is 0.240 e. The topological polar surface area (TPSA) is 96.6 Å². The van der Waals surface area contributed by atoms with E-state index in [1.165, 1.54) is 0 Å². The van der Waals surface area contributed by atoms with Crippen LogP contribution < -0.4 is 15.8 Å². The summed E-state index contributed by atoms with van der Waals surface area (Å²) < 4.78 is 26.3. The van der Waals surface area contributed by atoms with Gasteiger partial charge in [-0.1, -0.05) is 48.3 Å². The lowest BCUT2D eigenvalue weighted by atomic mass is 10.1. The van der Waals surface area contributed by atoms with Gasteiger partial charge in [-0.25, -0.2) is 18.1 Å². The molecule has 4 N–H and O–H groups in total. The van der Waals surface area contributed by atoms with Gasteiger partial charge in [-0.3, -0.25) is 0 Å². The maximum absolute atomic E-state index is 11.9. The van der Waals surface area contributed by atoms with Crippen molar-refractivity contribution in [3.8, 4) is 0 Å². The summed E-state index contributed by atoms with van der Waals surface area (Å²) in [5.41, 5.74) is 7.64. The lowest BCUT2D eigenvalue weighted by Crippen LogP contribution is -2.34. The third kappa shape index (κ3) is 7.07. The van der Waals surface area contributed by atoms with Crippen LogP contribution in [0.5, 0.6) is 0 Å². The number of rotatable bonds is 7. The van der Waals surface area contributed by atoms with Gasteiger partial charge in [0, 0.05) is 16.6 Å². The van der Waals surface area contributed by atoms with E-state index < -0.39 is 10.0 Å². The van der Waals surface area contributed by atoms with Crippen molar-refractivity contribution in [3.05, 3.63) is 63.6 Å². The molecule has 0 bridgehead atoms. The fourth-order valence-corrected chi connectivity index (χ4v) is 4.03. The molecule has 0 radical (unpaired) electrons. The summed E-state index contributed by atoms with van der Waals surface area (Å²) in [7, 11) is -3.46. The Morgan fingerprint density at radius 1 is 1.18 bits per heavy atom. The van der Waals surface area contributed by atoms with E-state index in [1.54, 1.807) is 43.3 Å². The van der Waals surface area contributed by atoms with Crippen molar-refractivity contribution < 1.29 is 8.42 Å². The number of nitrogens with one attached hydrogen (secondary N) is 2. The Bertz CT molecular complexity index is 922. The van der Waals surface area contributed by atoms with E-state index in [4.69, 9.17) is 28.9 Å². The molecule has 0 saturated heterocycles. The summed E-state index contributed by atoms with van der Waals surface area (Å²) >= 11 is 12.1. The molecule has 2 aromatic carbocycles. The summed E-state index contributed by atoms with van der Waals surface area (Å²) in [6, 6.07) is 11.6. The lowest BCUT2D eigenvalue weighted by Gasteiger charge is -2.16. The van der Waals surface area contributed by atoms with Crippen LogP contribution >= 0.6 is 47.2 Å². The molecule has 6 nitrogen and oxygen atoms in total. The number of nitrogens with two attached hydrogens (primary N) is 1. The highest BCUT2D eigenvalue weighted by Crippen LogP contribution is 2.25. The number of hydrogen-bond donors (Lipinski definition) is 3. The molecule has 2 rings (SSSR count). The molecule has 1 atom stereocenters. The zero-order chi connectivity index (χ0) is 20.0. The van der Waals surface area contributed by atoms with Crippen LogP contribution in [0.3, 0.4) is 0 Å². The molecule has 28 heavy (non-hydrogen) atoms. The van der Waals surface area contributed by atoms with Gasteiger partial charge in [-0.2, -0.15) is 0 Å². The lowest BCUT2D eigenvalue weighted by molar-refractivity contribution is 0.584. The van der Waals surface area contributed by atoms with Crippen LogP contribution in [0.4, 0.5) is 0 Å². The van der Waals surface area contributed by atoms with E-state index in [1.807, 2.05) is 13.0 Å². The highest BCUT2D eigenvalue weighted by atomic mass is 127. The molecule has 10 heteroatoms. The standard InChI is InChI=1S/C18H22Cl2N4O2S.HI/c1-3-23-27(25,26)15-7-4-13(5-8-15)11-22-18(21)24-12(2)16-9-6-14(19)10-17(16)20;/h4-10,12,23H,3,11H2,1-2H3,(H3,21,22,24);1H. The van der Waals surface area contributed by atoms with E-state index >= 15 is 0 Å². The zero-order valence-electron chi connectivity index (χ0n) is 15.4. The third-order valence-electron chi connectivity index (χ3n) is 3.79. The first-order valence-corrected chi connectivity index (χ1v) is 10.6. The van der Waals surface area contributed by atoms with Gasteiger partial charge in [-0.15, -0.1) is 24.0 Å². The number of guanidine groups is 1. The van der Waals surface area contributed by atoms with Crippen LogP contribution in [-0.4, -0.2) is 20.9 Å². The first-order valence-electron chi connectivity index (χ1n) is 8.33. The maximum atomic E-state index is 11.9. The second-order valence-electron chi connectivity index (χ2n) is 5.88. The molecule has 0 aromatic heterocycles. The van der Waals surface area contributed by atoms with Crippen LogP contribution in [-0.2, 0) is 16.6 Å². The van der Waals surface area contributed by atoms with E-state index in [2.05, 4.69) is 15.0 Å². The van der Waals surface area contributed by atoms with Gasteiger partial charge in [0.15, 0.2) is 5.96 Å². The van der Waals surface area contributed by atoms with Crippen LogP contribution in [0, 0.1) is 0 Å². The second-order valence-corrected chi connectivity index (χ2v) is 8.49. The third-order valence-corrected chi connectivity index (χ3v) is 5.92. The summed E-state index contributed by atoms with van der Waals surface area (Å²) in [6.45, 7) is 4.31. The van der Waals surface area contributed by atoms with Crippen LogP contribution in [0.25, 0.3) is 0 Å². The number of hydrogen-bond acceptors (Lipinski definition) is 3. The Labute approximate surface area is 193 Å². The van der Waals surface area contributed by atoms with Crippen molar-refractivity contribution >= 4 is 63.2 Å². The number of halogens is 3. The molecule has 0 aliphatic rings. The Hall–Kier alpha value is -1.07. The van der Waals surface area contributed by atoms with Gasteiger partial charge >= 0.3 is 0 Å². The molecule has 0 fully saturated rings. The van der Waals surface area contributed by atoms with Crippen molar-refractivity contribution in [2.75, 3.05) is 6.54 Å². The molecule has 0 spiro atoms. The molecule has 0 amide bonds. The van der Waals surface area contributed by atoms with Gasteiger partial charge in [0.2, 0.25) is 10.0 Å². The maximum Gasteiger partial charge on any atom is 0.240 e. The minimum Gasteiger partial charge on any atom is -0.370 e. The minimum atomic E-state index is -3.46. The highest BCUT2D eigenvalue weighted by Gasteiger charge is 2.12. The Balaban J connectivity index is 0.00000392. The molecule has 0 aliphatic heterocycles. The van der Waals surface area contributed by atoms with Gasteiger partial charge < -0.3 is 11.1 Å². The number of sulfonamides is 1. The summed E-state index contributed by atoms with van der Waals surface area (Å²) in [6.07, 6.45) is 0. The monoisotopic (exact) mass is 556 g/mol. The number of nitrogens with zero attached hydrogens (tertiary/aromatic N) is 1. The molecule has 2 aromatic rings. The minimum absolute atomic E-state index is 0.